The van der Waals surface area contributed by atoms with Crippen molar-refractivity contribution in [1.29, 1.82) is 0 Å². The summed E-state index contributed by atoms with van der Waals surface area (Å²) < 4.78 is 14.8. The number of hydrogen-bond donors (Lipinski definition) is 1. The van der Waals surface area contributed by atoms with E-state index in [4.69, 9.17) is 17.3 Å². The first-order chi connectivity index (χ1) is 10.5. The van der Waals surface area contributed by atoms with Gasteiger partial charge in [-0.1, -0.05) is 11.6 Å². The Labute approximate surface area is 130 Å². The van der Waals surface area contributed by atoms with E-state index in [9.17, 15) is 9.18 Å². The molecule has 1 amide bonds. The highest BCUT2D eigenvalue weighted by Crippen LogP contribution is 2.35. The van der Waals surface area contributed by atoms with Crippen molar-refractivity contribution in [2.75, 3.05) is 0 Å². The van der Waals surface area contributed by atoms with Crippen molar-refractivity contribution in [2.45, 2.75) is 6.92 Å². The van der Waals surface area contributed by atoms with Gasteiger partial charge in [0, 0.05) is 28.9 Å². The molecule has 0 radical (unpaired) electrons. The minimum absolute atomic E-state index is 0.0292. The largest absolute Gasteiger partial charge is 0.366 e. The third-order valence-electron chi connectivity index (χ3n) is 3.46. The van der Waals surface area contributed by atoms with Gasteiger partial charge in [-0.15, -0.1) is 0 Å². The number of aryl methyl sites for hydroxylation is 1. The first kappa shape index (κ1) is 14.4. The summed E-state index contributed by atoms with van der Waals surface area (Å²) in [6.45, 7) is 1.67. The summed E-state index contributed by atoms with van der Waals surface area (Å²) in [4.78, 5) is 19.8. The Hall–Kier alpha value is -2.53. The quantitative estimate of drug-likeness (QED) is 0.736. The molecule has 0 unspecified atom stereocenters. The van der Waals surface area contributed by atoms with Crippen molar-refractivity contribution in [3.63, 3.8) is 0 Å². The van der Waals surface area contributed by atoms with Crippen LogP contribution in [0.5, 0.6) is 0 Å². The van der Waals surface area contributed by atoms with E-state index in [1.807, 2.05) is 0 Å². The molecule has 110 valence electrons. The van der Waals surface area contributed by atoms with Crippen LogP contribution in [-0.4, -0.2) is 15.9 Å². The van der Waals surface area contributed by atoms with Crippen LogP contribution >= 0.6 is 11.6 Å². The summed E-state index contributed by atoms with van der Waals surface area (Å²) in [5, 5.41) is 0.370. The maximum atomic E-state index is 14.8. The number of carbonyl (C=O) groups is 1. The smallest absolute Gasteiger partial charge is 0.249 e. The fourth-order valence-electron chi connectivity index (χ4n) is 2.46. The van der Waals surface area contributed by atoms with E-state index in [1.54, 1.807) is 31.3 Å². The first-order valence-electron chi connectivity index (χ1n) is 6.49. The molecule has 2 N–H and O–H groups in total. The molecule has 0 fully saturated rings. The predicted molar refractivity (Wildman–Crippen MR) is 83.2 cm³/mol. The van der Waals surface area contributed by atoms with E-state index in [0.717, 1.165) is 0 Å². The second-order valence-electron chi connectivity index (χ2n) is 4.84. The lowest BCUT2D eigenvalue weighted by molar-refractivity contribution is 0.1000. The van der Waals surface area contributed by atoms with E-state index < -0.39 is 11.7 Å². The summed E-state index contributed by atoms with van der Waals surface area (Å²) in [7, 11) is 0. The van der Waals surface area contributed by atoms with Gasteiger partial charge in [-0.05, 0) is 36.8 Å². The number of rotatable bonds is 2. The molecule has 2 heterocycles. The average Bonchev–Trinajstić information content (AvgIpc) is 2.50. The van der Waals surface area contributed by atoms with E-state index in [0.29, 0.717) is 16.5 Å². The Morgan fingerprint density at radius 3 is 2.77 bits per heavy atom. The minimum Gasteiger partial charge on any atom is -0.366 e. The summed E-state index contributed by atoms with van der Waals surface area (Å²) in [6.07, 6.45) is 3.02. The van der Waals surface area contributed by atoms with Crippen LogP contribution in [0, 0.1) is 12.7 Å². The van der Waals surface area contributed by atoms with Crippen LogP contribution in [0.4, 0.5) is 4.39 Å². The van der Waals surface area contributed by atoms with E-state index in [1.165, 1.54) is 12.3 Å². The molecular weight excluding hydrogens is 305 g/mol. The van der Waals surface area contributed by atoms with Gasteiger partial charge >= 0.3 is 0 Å². The predicted octanol–water partition coefficient (Wildman–Crippen LogP) is 3.50. The molecule has 0 aliphatic rings. The number of aromatic nitrogens is 2. The molecule has 3 rings (SSSR count). The summed E-state index contributed by atoms with van der Waals surface area (Å²) >= 11 is 6.10. The number of pyridine rings is 2. The lowest BCUT2D eigenvalue weighted by Crippen LogP contribution is -2.15. The van der Waals surface area contributed by atoms with Crippen LogP contribution in [0.2, 0.25) is 5.15 Å². The number of carbonyl (C=O) groups excluding carboxylic acids is 1. The lowest BCUT2D eigenvalue weighted by atomic mass is 9.96. The molecular formula is C16H11ClFN3O. The van der Waals surface area contributed by atoms with Crippen LogP contribution in [-0.2, 0) is 0 Å². The Kier molecular flexibility index (Phi) is 3.50. The molecule has 0 atom stereocenters. The van der Waals surface area contributed by atoms with Gasteiger partial charge < -0.3 is 5.73 Å². The van der Waals surface area contributed by atoms with Crippen molar-refractivity contribution in [3.05, 3.63) is 58.8 Å². The van der Waals surface area contributed by atoms with Gasteiger partial charge in [-0.2, -0.15) is 0 Å². The Balaban J connectivity index is 2.40. The van der Waals surface area contributed by atoms with E-state index in [2.05, 4.69) is 9.97 Å². The molecule has 0 bridgehead atoms. The normalized spacial score (nSPS) is 10.9. The molecule has 6 heteroatoms. The lowest BCUT2D eigenvalue weighted by Gasteiger charge is -2.13. The van der Waals surface area contributed by atoms with Gasteiger partial charge in [-0.25, -0.2) is 9.37 Å². The van der Waals surface area contributed by atoms with Gasteiger partial charge in [0.15, 0.2) is 0 Å². The molecule has 0 aliphatic carbocycles. The number of halogens is 2. The fraction of sp³-hybridized carbons (Fsp3) is 0.0625. The SMILES string of the molecule is Cc1cnc(Cl)c(-c2ccc3ncccc3c2F)c1C(N)=O. The third-order valence-corrected chi connectivity index (χ3v) is 3.74. The van der Waals surface area contributed by atoms with Gasteiger partial charge in [0.05, 0.1) is 11.1 Å². The monoisotopic (exact) mass is 315 g/mol. The first-order valence-corrected chi connectivity index (χ1v) is 6.87. The zero-order chi connectivity index (χ0) is 15.9. The van der Waals surface area contributed by atoms with E-state index in [-0.39, 0.29) is 21.8 Å². The van der Waals surface area contributed by atoms with Gasteiger partial charge in [0.2, 0.25) is 5.91 Å². The third kappa shape index (κ3) is 2.19. The number of nitrogens with zero attached hydrogens (tertiary/aromatic N) is 2. The molecule has 0 saturated heterocycles. The van der Waals surface area contributed by atoms with Crippen molar-refractivity contribution >= 4 is 28.4 Å². The van der Waals surface area contributed by atoms with Crippen molar-refractivity contribution < 1.29 is 9.18 Å². The molecule has 1 aromatic carbocycles. The van der Waals surface area contributed by atoms with Crippen LogP contribution in [0.15, 0.2) is 36.7 Å². The minimum atomic E-state index is -0.678. The molecule has 0 saturated carbocycles. The highest BCUT2D eigenvalue weighted by molar-refractivity contribution is 6.33. The number of benzene rings is 1. The average molecular weight is 316 g/mol. The van der Waals surface area contributed by atoms with Crippen molar-refractivity contribution in [2.24, 2.45) is 5.73 Å². The van der Waals surface area contributed by atoms with Crippen molar-refractivity contribution in [1.82, 2.24) is 9.97 Å². The Morgan fingerprint density at radius 1 is 1.27 bits per heavy atom. The number of hydrogen-bond acceptors (Lipinski definition) is 3. The van der Waals surface area contributed by atoms with Crippen molar-refractivity contribution in [3.8, 4) is 11.1 Å². The molecule has 3 aromatic rings. The Morgan fingerprint density at radius 2 is 2.05 bits per heavy atom. The maximum absolute atomic E-state index is 14.8. The van der Waals surface area contributed by atoms with E-state index >= 15 is 0 Å². The fourth-order valence-corrected chi connectivity index (χ4v) is 2.70. The molecule has 0 spiro atoms. The number of fused-ring (bicyclic) bond motifs is 1. The van der Waals surface area contributed by atoms with Gasteiger partial charge in [0.1, 0.15) is 11.0 Å². The molecule has 22 heavy (non-hydrogen) atoms. The number of nitrogens with two attached hydrogens (primary N) is 1. The van der Waals surface area contributed by atoms with Crippen LogP contribution in [0.3, 0.4) is 0 Å². The molecule has 4 nitrogen and oxygen atoms in total. The summed E-state index contributed by atoms with van der Waals surface area (Å²) in [5.41, 5.74) is 7.03. The maximum Gasteiger partial charge on any atom is 0.249 e. The summed E-state index contributed by atoms with van der Waals surface area (Å²) in [5.74, 6) is -1.19. The second kappa shape index (κ2) is 5.35. The second-order valence-corrected chi connectivity index (χ2v) is 5.20. The number of primary amides is 1. The van der Waals surface area contributed by atoms with Crippen LogP contribution < -0.4 is 5.73 Å². The van der Waals surface area contributed by atoms with Gasteiger partial charge in [0.25, 0.3) is 0 Å². The standard InChI is InChI=1S/C16H11ClFN3O/c1-8-7-21-15(17)13(12(8)16(19)22)10-4-5-11-9(14(10)18)3-2-6-20-11/h2-7H,1H3,(H2,19,22). The van der Waals surface area contributed by atoms with Crippen LogP contribution in [0.25, 0.3) is 22.0 Å². The zero-order valence-electron chi connectivity index (χ0n) is 11.6. The van der Waals surface area contributed by atoms with Gasteiger partial charge in [-0.3, -0.25) is 9.78 Å². The highest BCUT2D eigenvalue weighted by atomic mass is 35.5. The summed E-state index contributed by atoms with van der Waals surface area (Å²) in [6, 6.07) is 6.44. The molecule has 2 aromatic heterocycles. The van der Waals surface area contributed by atoms with Crippen LogP contribution in [0.1, 0.15) is 15.9 Å². The molecule has 0 aliphatic heterocycles. The number of amides is 1. The Bertz CT molecular complexity index is 911. The topological polar surface area (TPSA) is 68.9 Å². The highest BCUT2D eigenvalue weighted by Gasteiger charge is 2.21. The zero-order valence-corrected chi connectivity index (χ0v) is 12.4.